The second kappa shape index (κ2) is 8.15. The number of benzene rings is 2. The SMILES string of the molecule is Cc1ccccc1C(CC(=O)O)NC(=O)CC1OCCc2ccccc21. The maximum Gasteiger partial charge on any atom is 0.305 e. The first kappa shape index (κ1) is 18.1. The van der Waals surface area contributed by atoms with Crippen LogP contribution in [0.1, 0.15) is 47.2 Å². The summed E-state index contributed by atoms with van der Waals surface area (Å²) in [6.07, 6.45) is 0.582. The summed E-state index contributed by atoms with van der Waals surface area (Å²) in [7, 11) is 0. The highest BCUT2D eigenvalue weighted by molar-refractivity contribution is 5.78. The molecule has 5 nitrogen and oxygen atoms in total. The number of ether oxygens (including phenoxy) is 1. The van der Waals surface area contributed by atoms with E-state index in [1.807, 2.05) is 49.4 Å². The maximum absolute atomic E-state index is 12.6. The lowest BCUT2D eigenvalue weighted by molar-refractivity contribution is -0.137. The largest absolute Gasteiger partial charge is 0.481 e. The van der Waals surface area contributed by atoms with Gasteiger partial charge < -0.3 is 15.2 Å². The molecule has 0 saturated heterocycles. The maximum atomic E-state index is 12.6. The molecule has 1 aliphatic heterocycles. The minimum absolute atomic E-state index is 0.154. The number of hydrogen-bond acceptors (Lipinski definition) is 3. The Bertz CT molecular complexity index is 802. The van der Waals surface area contributed by atoms with E-state index in [2.05, 4.69) is 11.4 Å². The molecular formula is C21H23NO4. The highest BCUT2D eigenvalue weighted by Crippen LogP contribution is 2.30. The molecule has 2 atom stereocenters. The first-order chi connectivity index (χ1) is 12.5. The van der Waals surface area contributed by atoms with Gasteiger partial charge in [-0.05, 0) is 35.6 Å². The van der Waals surface area contributed by atoms with Crippen LogP contribution in [0.5, 0.6) is 0 Å². The van der Waals surface area contributed by atoms with E-state index in [9.17, 15) is 14.7 Å². The summed E-state index contributed by atoms with van der Waals surface area (Å²) in [6, 6.07) is 14.9. The third kappa shape index (κ3) is 4.29. The van der Waals surface area contributed by atoms with Crippen LogP contribution in [0.4, 0.5) is 0 Å². The average Bonchev–Trinajstić information content (AvgIpc) is 2.61. The summed E-state index contributed by atoms with van der Waals surface area (Å²) in [4.78, 5) is 23.9. The van der Waals surface area contributed by atoms with E-state index in [1.54, 1.807) is 0 Å². The normalized spacial score (nSPS) is 17.2. The molecule has 1 heterocycles. The van der Waals surface area contributed by atoms with Gasteiger partial charge in [-0.1, -0.05) is 48.5 Å². The van der Waals surface area contributed by atoms with Gasteiger partial charge in [0.25, 0.3) is 0 Å². The molecule has 0 aromatic heterocycles. The van der Waals surface area contributed by atoms with Crippen molar-refractivity contribution in [3.05, 3.63) is 70.8 Å². The number of aryl methyl sites for hydroxylation is 1. The molecule has 2 aromatic carbocycles. The number of carbonyl (C=O) groups is 2. The van der Waals surface area contributed by atoms with Crippen LogP contribution < -0.4 is 5.32 Å². The lowest BCUT2D eigenvalue weighted by atomic mass is 9.95. The Kier molecular flexibility index (Phi) is 5.68. The third-order valence-electron chi connectivity index (χ3n) is 4.74. The second-order valence-electron chi connectivity index (χ2n) is 6.59. The molecule has 2 aromatic rings. The molecule has 0 spiro atoms. The van der Waals surface area contributed by atoms with Gasteiger partial charge >= 0.3 is 5.97 Å². The van der Waals surface area contributed by atoms with Crippen molar-refractivity contribution >= 4 is 11.9 Å². The standard InChI is InChI=1S/C21H23NO4/c1-14-6-2-4-8-16(14)18(12-21(24)25)22-20(23)13-19-17-9-5-3-7-15(17)10-11-26-19/h2-9,18-19H,10-13H2,1H3,(H,22,23)(H,24,25). The van der Waals surface area contributed by atoms with Gasteiger partial charge in [-0.2, -0.15) is 0 Å². The van der Waals surface area contributed by atoms with E-state index in [4.69, 9.17) is 4.74 Å². The fraction of sp³-hybridized carbons (Fsp3) is 0.333. The molecule has 0 aliphatic carbocycles. The molecule has 3 rings (SSSR count). The molecule has 5 heteroatoms. The number of carbonyl (C=O) groups excluding carboxylic acids is 1. The fourth-order valence-electron chi connectivity index (χ4n) is 3.46. The van der Waals surface area contributed by atoms with Crippen LogP contribution in [-0.4, -0.2) is 23.6 Å². The van der Waals surface area contributed by atoms with Crippen molar-refractivity contribution in [1.29, 1.82) is 0 Å². The first-order valence-electron chi connectivity index (χ1n) is 8.80. The number of aliphatic carboxylic acids is 1. The van der Waals surface area contributed by atoms with Gasteiger partial charge in [0, 0.05) is 0 Å². The van der Waals surface area contributed by atoms with Gasteiger partial charge in [0.05, 0.1) is 31.6 Å². The topological polar surface area (TPSA) is 75.6 Å². The molecule has 2 N–H and O–H groups in total. The minimum Gasteiger partial charge on any atom is -0.481 e. The Morgan fingerprint density at radius 1 is 1.19 bits per heavy atom. The number of amides is 1. The quantitative estimate of drug-likeness (QED) is 0.835. The van der Waals surface area contributed by atoms with Crippen LogP contribution in [0.15, 0.2) is 48.5 Å². The molecular weight excluding hydrogens is 330 g/mol. The van der Waals surface area contributed by atoms with Gasteiger partial charge in [0.15, 0.2) is 0 Å². The highest BCUT2D eigenvalue weighted by Gasteiger charge is 2.25. The summed E-state index contributed by atoms with van der Waals surface area (Å²) >= 11 is 0. The fourth-order valence-corrected chi connectivity index (χ4v) is 3.46. The van der Waals surface area contributed by atoms with E-state index in [-0.39, 0.29) is 24.9 Å². The first-order valence-corrected chi connectivity index (χ1v) is 8.80. The third-order valence-corrected chi connectivity index (χ3v) is 4.74. The van der Waals surface area contributed by atoms with Crippen LogP contribution in [0, 0.1) is 6.92 Å². The van der Waals surface area contributed by atoms with Gasteiger partial charge in [0.2, 0.25) is 5.91 Å². The van der Waals surface area contributed by atoms with Crippen molar-refractivity contribution in [3.63, 3.8) is 0 Å². The Morgan fingerprint density at radius 3 is 2.69 bits per heavy atom. The summed E-state index contributed by atoms with van der Waals surface area (Å²) < 4.78 is 5.79. The van der Waals surface area contributed by atoms with E-state index >= 15 is 0 Å². The van der Waals surface area contributed by atoms with Crippen LogP contribution in [0.3, 0.4) is 0 Å². The van der Waals surface area contributed by atoms with Crippen molar-refractivity contribution in [2.24, 2.45) is 0 Å². The molecule has 2 unspecified atom stereocenters. The van der Waals surface area contributed by atoms with Crippen molar-refractivity contribution < 1.29 is 19.4 Å². The van der Waals surface area contributed by atoms with Gasteiger partial charge in [-0.25, -0.2) is 0 Å². The zero-order valence-corrected chi connectivity index (χ0v) is 14.8. The van der Waals surface area contributed by atoms with E-state index < -0.39 is 12.0 Å². The minimum atomic E-state index is -0.946. The summed E-state index contributed by atoms with van der Waals surface area (Å²) in [5.74, 6) is -1.15. The predicted molar refractivity (Wildman–Crippen MR) is 97.8 cm³/mol. The van der Waals surface area contributed by atoms with Gasteiger partial charge in [-0.15, -0.1) is 0 Å². The Labute approximate surface area is 153 Å². The van der Waals surface area contributed by atoms with E-state index in [1.165, 1.54) is 5.56 Å². The molecule has 1 aliphatic rings. The Hall–Kier alpha value is -2.66. The van der Waals surface area contributed by atoms with E-state index in [0.717, 1.165) is 23.1 Å². The van der Waals surface area contributed by atoms with Crippen LogP contribution in [-0.2, 0) is 20.7 Å². The Balaban J connectivity index is 1.73. The molecule has 0 bridgehead atoms. The number of carboxylic acids is 1. The van der Waals surface area contributed by atoms with Gasteiger partial charge in [-0.3, -0.25) is 9.59 Å². The van der Waals surface area contributed by atoms with Gasteiger partial charge in [0.1, 0.15) is 0 Å². The number of rotatable bonds is 6. The monoisotopic (exact) mass is 353 g/mol. The van der Waals surface area contributed by atoms with Crippen molar-refractivity contribution in [3.8, 4) is 0 Å². The molecule has 1 amide bonds. The molecule has 0 radical (unpaired) electrons. The molecule has 0 fully saturated rings. The van der Waals surface area contributed by atoms with Crippen LogP contribution in [0.25, 0.3) is 0 Å². The van der Waals surface area contributed by atoms with Crippen molar-refractivity contribution in [2.45, 2.75) is 38.3 Å². The summed E-state index contributed by atoms with van der Waals surface area (Å²) in [6.45, 7) is 2.50. The van der Waals surface area contributed by atoms with Crippen molar-refractivity contribution in [2.75, 3.05) is 6.61 Å². The number of fused-ring (bicyclic) bond motifs is 1. The zero-order chi connectivity index (χ0) is 18.5. The highest BCUT2D eigenvalue weighted by atomic mass is 16.5. The van der Waals surface area contributed by atoms with Crippen LogP contribution >= 0.6 is 0 Å². The predicted octanol–water partition coefficient (Wildman–Crippen LogP) is 3.33. The molecule has 136 valence electrons. The summed E-state index contributed by atoms with van der Waals surface area (Å²) in [5.41, 5.74) is 4.03. The van der Waals surface area contributed by atoms with Crippen molar-refractivity contribution in [1.82, 2.24) is 5.32 Å². The lowest BCUT2D eigenvalue weighted by Gasteiger charge is -2.27. The number of carboxylic acid groups (broad SMARTS) is 1. The summed E-state index contributed by atoms with van der Waals surface area (Å²) in [5, 5.41) is 12.1. The smallest absolute Gasteiger partial charge is 0.305 e. The number of nitrogens with one attached hydrogen (secondary N) is 1. The van der Waals surface area contributed by atoms with Crippen LogP contribution in [0.2, 0.25) is 0 Å². The molecule has 26 heavy (non-hydrogen) atoms. The lowest BCUT2D eigenvalue weighted by Crippen LogP contribution is -2.32. The average molecular weight is 353 g/mol. The number of hydrogen-bond donors (Lipinski definition) is 2. The molecule has 0 saturated carbocycles. The van der Waals surface area contributed by atoms with E-state index in [0.29, 0.717) is 6.61 Å². The zero-order valence-electron chi connectivity index (χ0n) is 14.8. The second-order valence-corrected chi connectivity index (χ2v) is 6.59. The Morgan fingerprint density at radius 2 is 1.92 bits per heavy atom.